The molecule has 0 saturated carbocycles. The molecule has 0 aromatic heterocycles. The van der Waals surface area contributed by atoms with E-state index in [9.17, 15) is 18.1 Å². The van der Waals surface area contributed by atoms with Crippen LogP contribution >= 0.6 is 0 Å². The maximum absolute atomic E-state index is 11.5. The van der Waals surface area contributed by atoms with Gasteiger partial charge in [-0.2, -0.15) is 8.42 Å². The SMILES string of the molecule is CCCCCCCCCCCCc1ccc(O)c(Oc2ccccc2S(=O)(=O)O)c1. The van der Waals surface area contributed by atoms with Gasteiger partial charge in [0.05, 0.1) is 0 Å². The zero-order valence-corrected chi connectivity index (χ0v) is 18.7. The second-order valence-electron chi connectivity index (χ2n) is 7.76. The maximum Gasteiger partial charge on any atom is 0.298 e. The third-order valence-corrected chi connectivity index (χ3v) is 6.08. The van der Waals surface area contributed by atoms with E-state index in [1.165, 1.54) is 69.6 Å². The van der Waals surface area contributed by atoms with E-state index in [0.717, 1.165) is 24.8 Å². The molecule has 0 bridgehead atoms. The van der Waals surface area contributed by atoms with Crippen molar-refractivity contribution in [1.29, 1.82) is 0 Å². The zero-order chi connectivity index (χ0) is 21.8. The van der Waals surface area contributed by atoms with Crippen LogP contribution in [-0.4, -0.2) is 18.1 Å². The van der Waals surface area contributed by atoms with Gasteiger partial charge in [-0.25, -0.2) is 0 Å². The Bertz CT molecular complexity index is 877. The summed E-state index contributed by atoms with van der Waals surface area (Å²) < 4.78 is 38.0. The molecule has 2 N–H and O–H groups in total. The highest BCUT2D eigenvalue weighted by atomic mass is 32.2. The van der Waals surface area contributed by atoms with Crippen molar-refractivity contribution in [2.45, 2.75) is 82.4 Å². The molecule has 0 fully saturated rings. The van der Waals surface area contributed by atoms with E-state index in [-0.39, 0.29) is 22.1 Å². The van der Waals surface area contributed by atoms with Crippen LogP contribution in [0.4, 0.5) is 0 Å². The van der Waals surface area contributed by atoms with Crippen LogP contribution in [0.25, 0.3) is 0 Å². The number of ether oxygens (including phenoxy) is 1. The maximum atomic E-state index is 11.5. The standard InChI is InChI=1S/C24H34O5S/c1-2-3-4-5-6-7-8-9-10-11-14-20-17-18-21(25)23(19-20)29-22-15-12-13-16-24(22)30(26,27)28/h12-13,15-19,25H,2-11,14H2,1H3,(H,26,27,28). The lowest BCUT2D eigenvalue weighted by Gasteiger charge is -2.12. The van der Waals surface area contributed by atoms with E-state index in [2.05, 4.69) is 6.92 Å². The molecule has 0 saturated heterocycles. The van der Waals surface area contributed by atoms with Gasteiger partial charge >= 0.3 is 0 Å². The van der Waals surface area contributed by atoms with Gasteiger partial charge in [-0.05, 0) is 42.7 Å². The molecular weight excluding hydrogens is 400 g/mol. The Morgan fingerprint density at radius 3 is 2.03 bits per heavy atom. The molecule has 0 amide bonds. The van der Waals surface area contributed by atoms with Gasteiger partial charge in [0.25, 0.3) is 10.1 Å². The summed E-state index contributed by atoms with van der Waals surface area (Å²) in [6, 6.07) is 10.9. The first-order valence-corrected chi connectivity index (χ1v) is 12.4. The summed E-state index contributed by atoms with van der Waals surface area (Å²) in [5.74, 6) is 0.0778. The van der Waals surface area contributed by atoms with Gasteiger partial charge in [0, 0.05) is 0 Å². The monoisotopic (exact) mass is 434 g/mol. The predicted octanol–water partition coefficient (Wildman–Crippen LogP) is 6.89. The molecule has 5 nitrogen and oxygen atoms in total. The summed E-state index contributed by atoms with van der Waals surface area (Å²) >= 11 is 0. The number of phenols is 1. The number of unbranched alkanes of at least 4 members (excludes halogenated alkanes) is 9. The average molecular weight is 435 g/mol. The molecule has 6 heteroatoms. The number of aryl methyl sites for hydroxylation is 1. The summed E-state index contributed by atoms with van der Waals surface area (Å²) in [5, 5.41) is 10.1. The first-order valence-electron chi connectivity index (χ1n) is 11.0. The largest absolute Gasteiger partial charge is 0.504 e. The summed E-state index contributed by atoms with van der Waals surface area (Å²) in [5.41, 5.74) is 1.02. The van der Waals surface area contributed by atoms with Crippen LogP contribution in [0.2, 0.25) is 0 Å². The fourth-order valence-electron chi connectivity index (χ4n) is 3.48. The second-order valence-corrected chi connectivity index (χ2v) is 9.15. The molecule has 0 radical (unpaired) electrons. The Morgan fingerprint density at radius 2 is 1.40 bits per heavy atom. The van der Waals surface area contributed by atoms with Crippen LogP contribution in [0, 0.1) is 0 Å². The molecule has 0 spiro atoms. The van der Waals surface area contributed by atoms with E-state index >= 15 is 0 Å². The van der Waals surface area contributed by atoms with Crippen molar-refractivity contribution in [3.05, 3.63) is 48.0 Å². The first kappa shape index (κ1) is 24.2. The van der Waals surface area contributed by atoms with Gasteiger partial charge in [-0.3, -0.25) is 4.55 Å². The molecule has 30 heavy (non-hydrogen) atoms. The minimum atomic E-state index is -4.42. The number of hydrogen-bond donors (Lipinski definition) is 2. The Morgan fingerprint density at radius 1 is 0.800 bits per heavy atom. The normalized spacial score (nSPS) is 11.5. The average Bonchev–Trinajstić information content (AvgIpc) is 2.71. The Hall–Kier alpha value is -2.05. The van der Waals surface area contributed by atoms with Gasteiger partial charge < -0.3 is 9.84 Å². The van der Waals surface area contributed by atoms with Crippen molar-refractivity contribution in [3.8, 4) is 17.2 Å². The lowest BCUT2D eigenvalue weighted by atomic mass is 10.0. The molecule has 0 aliphatic heterocycles. The van der Waals surface area contributed by atoms with Crippen molar-refractivity contribution in [2.75, 3.05) is 0 Å². The van der Waals surface area contributed by atoms with Gasteiger partial charge in [0.1, 0.15) is 10.6 Å². The summed E-state index contributed by atoms with van der Waals surface area (Å²) in [4.78, 5) is -0.329. The van der Waals surface area contributed by atoms with Crippen molar-refractivity contribution < 1.29 is 22.8 Å². The number of para-hydroxylation sites is 1. The van der Waals surface area contributed by atoms with E-state index in [1.807, 2.05) is 6.07 Å². The van der Waals surface area contributed by atoms with Crippen LogP contribution < -0.4 is 4.74 Å². The molecule has 0 aliphatic carbocycles. The number of rotatable bonds is 14. The van der Waals surface area contributed by atoms with Gasteiger partial charge in [0.2, 0.25) is 0 Å². The van der Waals surface area contributed by atoms with Crippen LogP contribution in [0.15, 0.2) is 47.4 Å². The van der Waals surface area contributed by atoms with Crippen LogP contribution in [0.3, 0.4) is 0 Å². The summed E-state index contributed by atoms with van der Waals surface area (Å²) in [6.45, 7) is 2.24. The van der Waals surface area contributed by atoms with Crippen molar-refractivity contribution in [2.24, 2.45) is 0 Å². The van der Waals surface area contributed by atoms with Crippen molar-refractivity contribution in [3.63, 3.8) is 0 Å². The topological polar surface area (TPSA) is 83.8 Å². The van der Waals surface area contributed by atoms with Gasteiger partial charge in [-0.15, -0.1) is 0 Å². The molecule has 0 atom stereocenters. The minimum Gasteiger partial charge on any atom is -0.504 e. The minimum absolute atomic E-state index is 0.0219. The quantitative estimate of drug-likeness (QED) is 0.250. The van der Waals surface area contributed by atoms with Crippen molar-refractivity contribution in [1.82, 2.24) is 0 Å². The highest BCUT2D eigenvalue weighted by Crippen LogP contribution is 2.35. The van der Waals surface area contributed by atoms with Crippen LogP contribution in [-0.2, 0) is 16.5 Å². The molecule has 2 aromatic carbocycles. The van der Waals surface area contributed by atoms with Gasteiger partial charge in [0.15, 0.2) is 11.5 Å². The third kappa shape index (κ3) is 8.36. The lowest BCUT2D eigenvalue weighted by molar-refractivity contribution is 0.401. The molecular formula is C24H34O5S. The number of phenolic OH excluding ortho intramolecular Hbond substituents is 1. The highest BCUT2D eigenvalue weighted by molar-refractivity contribution is 7.86. The number of benzene rings is 2. The van der Waals surface area contributed by atoms with E-state index in [0.29, 0.717) is 0 Å². The first-order chi connectivity index (χ1) is 14.4. The second kappa shape index (κ2) is 12.6. The van der Waals surface area contributed by atoms with E-state index in [4.69, 9.17) is 4.74 Å². The van der Waals surface area contributed by atoms with Gasteiger partial charge in [-0.1, -0.05) is 82.9 Å². The molecule has 0 aliphatic rings. The van der Waals surface area contributed by atoms with Crippen LogP contribution in [0.5, 0.6) is 17.2 Å². The molecule has 166 valence electrons. The third-order valence-electron chi connectivity index (χ3n) is 5.19. The zero-order valence-electron chi connectivity index (χ0n) is 17.8. The molecule has 0 heterocycles. The smallest absolute Gasteiger partial charge is 0.298 e. The van der Waals surface area contributed by atoms with E-state index < -0.39 is 10.1 Å². The summed E-state index contributed by atoms with van der Waals surface area (Å²) in [6.07, 6.45) is 13.6. The predicted molar refractivity (Wildman–Crippen MR) is 120 cm³/mol. The van der Waals surface area contributed by atoms with Crippen LogP contribution in [0.1, 0.15) is 76.7 Å². The number of hydrogen-bond acceptors (Lipinski definition) is 4. The fourth-order valence-corrected chi connectivity index (χ4v) is 4.09. The van der Waals surface area contributed by atoms with E-state index in [1.54, 1.807) is 18.2 Å². The Kier molecular flexibility index (Phi) is 10.2. The lowest BCUT2D eigenvalue weighted by Crippen LogP contribution is -2.01. The highest BCUT2D eigenvalue weighted by Gasteiger charge is 2.17. The molecule has 0 unspecified atom stereocenters. The summed E-state index contributed by atoms with van der Waals surface area (Å²) in [7, 11) is -4.42. The number of aromatic hydroxyl groups is 1. The Balaban J connectivity index is 1.82. The molecule has 2 rings (SSSR count). The molecule has 2 aromatic rings. The fraction of sp³-hybridized carbons (Fsp3) is 0.500. The Labute approximate surface area is 180 Å². The van der Waals surface area contributed by atoms with Crippen molar-refractivity contribution >= 4 is 10.1 Å².